The number of benzene rings is 1. The summed E-state index contributed by atoms with van der Waals surface area (Å²) in [6.07, 6.45) is -2.26. The van der Waals surface area contributed by atoms with Crippen molar-refractivity contribution >= 4 is 10.0 Å². The van der Waals surface area contributed by atoms with E-state index in [1.165, 1.54) is 13.1 Å². The van der Waals surface area contributed by atoms with Gasteiger partial charge in [-0.2, -0.15) is 13.2 Å². The van der Waals surface area contributed by atoms with Crippen LogP contribution in [0, 0.1) is 0 Å². The molecule has 112 valence electrons. The molecule has 2 rings (SSSR count). The van der Waals surface area contributed by atoms with Crippen LogP contribution >= 0.6 is 0 Å². The molecule has 1 aliphatic carbocycles. The number of halogens is 3. The second-order valence-electron chi connectivity index (χ2n) is 5.09. The third-order valence-electron chi connectivity index (χ3n) is 3.96. The van der Waals surface area contributed by atoms with Crippen molar-refractivity contribution in [3.05, 3.63) is 29.3 Å². The number of alkyl halides is 3. The molecule has 0 radical (unpaired) electrons. The van der Waals surface area contributed by atoms with E-state index in [1.807, 2.05) is 6.92 Å². The summed E-state index contributed by atoms with van der Waals surface area (Å²) < 4.78 is 64.4. The van der Waals surface area contributed by atoms with E-state index in [-0.39, 0.29) is 10.3 Å². The van der Waals surface area contributed by atoms with E-state index in [2.05, 4.69) is 4.72 Å². The van der Waals surface area contributed by atoms with Crippen LogP contribution in [-0.4, -0.2) is 15.5 Å². The first-order valence-electron chi connectivity index (χ1n) is 6.31. The molecular weight excluding hydrogens is 291 g/mol. The van der Waals surface area contributed by atoms with Gasteiger partial charge in [-0.3, -0.25) is 0 Å². The van der Waals surface area contributed by atoms with E-state index in [4.69, 9.17) is 0 Å². The summed E-state index contributed by atoms with van der Waals surface area (Å²) in [5, 5.41) is 0. The molecule has 1 aliphatic rings. The maximum Gasteiger partial charge on any atom is 0.416 e. The molecule has 0 unspecified atom stereocenters. The van der Waals surface area contributed by atoms with E-state index >= 15 is 0 Å². The van der Waals surface area contributed by atoms with Crippen LogP contribution in [0.2, 0.25) is 0 Å². The third-order valence-corrected chi connectivity index (χ3v) is 5.35. The lowest BCUT2D eigenvalue weighted by Crippen LogP contribution is -2.21. The Balaban J connectivity index is 2.63. The van der Waals surface area contributed by atoms with Crippen molar-refractivity contribution in [1.82, 2.24) is 4.72 Å². The Morgan fingerprint density at radius 1 is 1.25 bits per heavy atom. The second kappa shape index (κ2) is 4.73. The predicted octanol–water partition coefficient (Wildman–Crippen LogP) is 3.06. The lowest BCUT2D eigenvalue weighted by atomic mass is 9.92. The van der Waals surface area contributed by atoms with Crippen LogP contribution in [0.25, 0.3) is 0 Å². The highest BCUT2D eigenvalue weighted by atomic mass is 32.2. The Kier molecular flexibility index (Phi) is 3.62. The molecule has 0 heterocycles. The van der Waals surface area contributed by atoms with Crippen LogP contribution in [-0.2, 0) is 21.6 Å². The molecule has 1 aromatic carbocycles. The predicted molar refractivity (Wildman–Crippen MR) is 68.9 cm³/mol. The van der Waals surface area contributed by atoms with Crippen LogP contribution in [0.15, 0.2) is 23.1 Å². The molecule has 20 heavy (non-hydrogen) atoms. The lowest BCUT2D eigenvalue weighted by Gasteiger charge is -2.17. The minimum atomic E-state index is -4.56. The highest BCUT2D eigenvalue weighted by Gasteiger charge is 2.44. The van der Waals surface area contributed by atoms with Crippen molar-refractivity contribution in [3.63, 3.8) is 0 Å². The van der Waals surface area contributed by atoms with Crippen LogP contribution in [0.1, 0.15) is 37.3 Å². The molecule has 1 N–H and O–H groups in total. The van der Waals surface area contributed by atoms with Crippen molar-refractivity contribution < 1.29 is 21.6 Å². The van der Waals surface area contributed by atoms with Crippen LogP contribution in [0.4, 0.5) is 13.2 Å². The molecule has 0 atom stereocenters. The normalized spacial score (nSPS) is 18.1. The number of hydrogen-bond acceptors (Lipinski definition) is 2. The minimum absolute atomic E-state index is 0.292. The zero-order valence-corrected chi connectivity index (χ0v) is 12.0. The van der Waals surface area contributed by atoms with Gasteiger partial charge in [0.05, 0.1) is 10.5 Å². The van der Waals surface area contributed by atoms with Gasteiger partial charge < -0.3 is 0 Å². The van der Waals surface area contributed by atoms with Crippen LogP contribution in [0.5, 0.6) is 0 Å². The molecule has 0 aromatic heterocycles. The van der Waals surface area contributed by atoms with Crippen molar-refractivity contribution in [2.75, 3.05) is 7.05 Å². The smallest absolute Gasteiger partial charge is 0.214 e. The fourth-order valence-corrected chi connectivity index (χ4v) is 3.14. The number of rotatable bonds is 4. The molecule has 1 fully saturated rings. The summed E-state index contributed by atoms with van der Waals surface area (Å²) >= 11 is 0. The second-order valence-corrected chi connectivity index (χ2v) is 6.97. The average molecular weight is 307 g/mol. The van der Waals surface area contributed by atoms with Gasteiger partial charge in [0, 0.05) is 0 Å². The average Bonchev–Trinajstić information content (AvgIpc) is 3.18. The van der Waals surface area contributed by atoms with Crippen LogP contribution in [0.3, 0.4) is 0 Å². The van der Waals surface area contributed by atoms with Crippen LogP contribution < -0.4 is 4.72 Å². The largest absolute Gasteiger partial charge is 0.416 e. The number of hydrogen-bond donors (Lipinski definition) is 1. The van der Waals surface area contributed by atoms with E-state index < -0.39 is 21.8 Å². The van der Waals surface area contributed by atoms with Gasteiger partial charge in [-0.1, -0.05) is 6.92 Å². The minimum Gasteiger partial charge on any atom is -0.214 e. The van der Waals surface area contributed by atoms with Crippen molar-refractivity contribution in [3.8, 4) is 0 Å². The molecule has 3 nitrogen and oxygen atoms in total. The summed E-state index contributed by atoms with van der Waals surface area (Å²) in [6, 6.07) is 3.11. The van der Waals surface area contributed by atoms with E-state index in [0.717, 1.165) is 18.9 Å². The van der Waals surface area contributed by atoms with Gasteiger partial charge in [0.25, 0.3) is 0 Å². The van der Waals surface area contributed by atoms with Gasteiger partial charge >= 0.3 is 6.18 Å². The fraction of sp³-hybridized carbons (Fsp3) is 0.538. The molecular formula is C13H16F3NO2S. The first-order chi connectivity index (χ1) is 9.14. The van der Waals surface area contributed by atoms with E-state index in [9.17, 15) is 21.6 Å². The molecule has 0 aliphatic heterocycles. The Labute approximate surface area is 116 Å². The zero-order valence-electron chi connectivity index (χ0n) is 11.2. The first kappa shape index (κ1) is 15.3. The third kappa shape index (κ3) is 2.69. The van der Waals surface area contributed by atoms with Crippen molar-refractivity contribution in [1.29, 1.82) is 0 Å². The number of nitrogens with one attached hydrogen (secondary N) is 1. The molecule has 1 saturated carbocycles. The summed E-state index contributed by atoms with van der Waals surface area (Å²) in [7, 11) is -2.71. The molecule has 0 bridgehead atoms. The lowest BCUT2D eigenvalue weighted by molar-refractivity contribution is -0.137. The molecule has 1 aromatic rings. The van der Waals surface area contributed by atoms with Gasteiger partial charge in [-0.05, 0) is 55.5 Å². The van der Waals surface area contributed by atoms with E-state index in [1.54, 1.807) is 0 Å². The Bertz CT molecular complexity index is 619. The standard InChI is InChI=1S/C13H16F3NO2S/c1-3-12(4-5-12)9-6-10(13(14,15)16)8-11(7-9)20(18,19)17-2/h6-8,17H,3-5H2,1-2H3. The Morgan fingerprint density at radius 3 is 2.25 bits per heavy atom. The van der Waals surface area contributed by atoms with Gasteiger partial charge in [0.1, 0.15) is 0 Å². The number of sulfonamides is 1. The molecule has 0 amide bonds. The monoisotopic (exact) mass is 307 g/mol. The van der Waals surface area contributed by atoms with Gasteiger partial charge in [-0.15, -0.1) is 0 Å². The summed E-state index contributed by atoms with van der Waals surface area (Å²) in [5.74, 6) is 0. The molecule has 0 saturated heterocycles. The summed E-state index contributed by atoms with van der Waals surface area (Å²) in [6.45, 7) is 1.90. The highest BCUT2D eigenvalue weighted by Crippen LogP contribution is 2.52. The maximum atomic E-state index is 12.9. The van der Waals surface area contributed by atoms with Crippen molar-refractivity contribution in [2.24, 2.45) is 0 Å². The topological polar surface area (TPSA) is 46.2 Å². The fourth-order valence-electron chi connectivity index (χ4n) is 2.34. The quantitative estimate of drug-likeness (QED) is 0.929. The SMILES string of the molecule is CCC1(c2cc(C(F)(F)F)cc(S(=O)(=O)NC)c2)CC1. The van der Waals surface area contributed by atoms with Gasteiger partial charge in [0.15, 0.2) is 0 Å². The van der Waals surface area contributed by atoms with E-state index in [0.29, 0.717) is 18.1 Å². The summed E-state index contributed by atoms with van der Waals surface area (Å²) in [5.41, 5.74) is -0.744. The zero-order chi connectivity index (χ0) is 15.2. The Morgan fingerprint density at radius 2 is 1.85 bits per heavy atom. The Hall–Kier alpha value is -1.08. The molecule has 7 heteroatoms. The summed E-state index contributed by atoms with van der Waals surface area (Å²) in [4.78, 5) is -0.329. The molecule has 0 spiro atoms. The van der Waals surface area contributed by atoms with Gasteiger partial charge in [0.2, 0.25) is 10.0 Å². The highest BCUT2D eigenvalue weighted by molar-refractivity contribution is 7.89. The first-order valence-corrected chi connectivity index (χ1v) is 7.79. The maximum absolute atomic E-state index is 12.9. The van der Waals surface area contributed by atoms with Crippen molar-refractivity contribution in [2.45, 2.75) is 42.7 Å². The van der Waals surface area contributed by atoms with Gasteiger partial charge in [-0.25, -0.2) is 13.1 Å².